The van der Waals surface area contributed by atoms with E-state index in [1.54, 1.807) is 0 Å². The molecule has 27 heavy (non-hydrogen) atoms. The molecule has 0 aliphatic carbocycles. The molecule has 0 radical (unpaired) electrons. The van der Waals surface area contributed by atoms with Gasteiger partial charge in [0.1, 0.15) is 0 Å². The van der Waals surface area contributed by atoms with Gasteiger partial charge in [0.05, 0.1) is 23.2 Å². The lowest BCUT2D eigenvalue weighted by Crippen LogP contribution is -2.45. The molecule has 0 amide bonds. The van der Waals surface area contributed by atoms with Crippen LogP contribution in [-0.2, 0) is 21.9 Å². The number of rotatable bonds is 4. The van der Waals surface area contributed by atoms with E-state index >= 15 is 0 Å². The van der Waals surface area contributed by atoms with E-state index in [1.807, 2.05) is 36.4 Å². The highest BCUT2D eigenvalue weighted by molar-refractivity contribution is 7.91. The maximum absolute atomic E-state index is 11.9. The number of hydrogen-bond donors (Lipinski definition) is 1. The van der Waals surface area contributed by atoms with Crippen LogP contribution < -0.4 is 5.32 Å². The Labute approximate surface area is 166 Å². The molecule has 2 aromatic rings. The Morgan fingerprint density at radius 1 is 1.33 bits per heavy atom. The minimum atomic E-state index is -2.95. The Kier molecular flexibility index (Phi) is 5.90. The highest BCUT2D eigenvalue weighted by atomic mass is 35.5. The van der Waals surface area contributed by atoms with Crippen LogP contribution in [0.15, 0.2) is 36.9 Å². The second-order valence-corrected chi connectivity index (χ2v) is 9.79. The highest BCUT2D eigenvalue weighted by Crippen LogP contribution is 2.31. The molecule has 148 valence electrons. The summed E-state index contributed by atoms with van der Waals surface area (Å²) in [6.45, 7) is 5.63. The number of piperazine rings is 1. The maximum atomic E-state index is 11.9. The SMILES string of the molecule is CC1(n2cc(CN3CCNCC3c3ccncc3)cn2)CCS(=O)(=O)C1.Cl. The van der Waals surface area contributed by atoms with Gasteiger partial charge in [-0.2, -0.15) is 5.10 Å². The fourth-order valence-electron chi connectivity index (χ4n) is 4.00. The van der Waals surface area contributed by atoms with Gasteiger partial charge in [-0.25, -0.2) is 8.42 Å². The van der Waals surface area contributed by atoms with Crippen LogP contribution in [0.1, 0.15) is 30.5 Å². The summed E-state index contributed by atoms with van der Waals surface area (Å²) in [7, 11) is -2.95. The number of hydrogen-bond acceptors (Lipinski definition) is 6. The standard InChI is InChI=1S/C18H25N5O2S.ClH/c1-18(4-9-26(24,25)14-18)23-13-15(10-21-23)12-22-8-7-20-11-17(22)16-2-5-19-6-3-16;/h2-3,5-6,10,13,17,20H,4,7-9,11-12,14H2,1H3;1H. The first kappa shape index (κ1) is 20.3. The molecule has 4 rings (SSSR count). The second kappa shape index (κ2) is 7.87. The quantitative estimate of drug-likeness (QED) is 0.818. The van der Waals surface area contributed by atoms with Crippen LogP contribution >= 0.6 is 12.4 Å². The molecule has 1 N–H and O–H groups in total. The molecule has 2 fully saturated rings. The third-order valence-electron chi connectivity index (χ3n) is 5.50. The van der Waals surface area contributed by atoms with Crippen molar-refractivity contribution in [1.82, 2.24) is 25.0 Å². The normalized spacial score (nSPS) is 28.0. The lowest BCUT2D eigenvalue weighted by molar-refractivity contribution is 0.153. The lowest BCUT2D eigenvalue weighted by Gasteiger charge is -2.36. The molecule has 2 unspecified atom stereocenters. The minimum Gasteiger partial charge on any atom is -0.314 e. The minimum absolute atomic E-state index is 0. The van der Waals surface area contributed by atoms with Crippen molar-refractivity contribution < 1.29 is 8.42 Å². The summed E-state index contributed by atoms with van der Waals surface area (Å²) in [4.78, 5) is 6.56. The van der Waals surface area contributed by atoms with Crippen molar-refractivity contribution in [2.75, 3.05) is 31.1 Å². The first-order valence-corrected chi connectivity index (χ1v) is 10.9. The Balaban J connectivity index is 0.00000210. The zero-order valence-electron chi connectivity index (χ0n) is 15.4. The number of pyridine rings is 1. The van der Waals surface area contributed by atoms with Crippen molar-refractivity contribution in [2.24, 2.45) is 0 Å². The van der Waals surface area contributed by atoms with Crippen molar-refractivity contribution in [2.45, 2.75) is 31.5 Å². The third-order valence-corrected chi connectivity index (χ3v) is 7.39. The number of nitrogens with zero attached hydrogens (tertiary/aromatic N) is 4. The lowest BCUT2D eigenvalue weighted by atomic mass is 10.0. The van der Waals surface area contributed by atoms with Gasteiger partial charge in [-0.05, 0) is 31.0 Å². The van der Waals surface area contributed by atoms with Gasteiger partial charge in [0.2, 0.25) is 0 Å². The summed E-state index contributed by atoms with van der Waals surface area (Å²) in [5.41, 5.74) is 1.95. The van der Waals surface area contributed by atoms with Crippen molar-refractivity contribution in [1.29, 1.82) is 0 Å². The number of nitrogens with one attached hydrogen (secondary N) is 1. The largest absolute Gasteiger partial charge is 0.314 e. The Morgan fingerprint density at radius 3 is 2.81 bits per heavy atom. The molecule has 0 bridgehead atoms. The van der Waals surface area contributed by atoms with Crippen LogP contribution in [0, 0.1) is 0 Å². The third kappa shape index (κ3) is 4.34. The molecule has 2 aromatic heterocycles. The topological polar surface area (TPSA) is 80.1 Å². The van der Waals surface area contributed by atoms with Crippen LogP contribution in [0.5, 0.6) is 0 Å². The van der Waals surface area contributed by atoms with Gasteiger partial charge < -0.3 is 5.32 Å². The van der Waals surface area contributed by atoms with E-state index < -0.39 is 15.4 Å². The van der Waals surface area contributed by atoms with Crippen molar-refractivity contribution in [3.05, 3.63) is 48.0 Å². The molecule has 2 aliphatic rings. The van der Waals surface area contributed by atoms with Crippen LogP contribution in [0.4, 0.5) is 0 Å². The summed E-state index contributed by atoms with van der Waals surface area (Å²) in [6, 6.07) is 4.44. The monoisotopic (exact) mass is 411 g/mol. The van der Waals surface area contributed by atoms with Gasteiger partial charge in [-0.15, -0.1) is 12.4 Å². The summed E-state index contributed by atoms with van der Waals surface area (Å²) in [5, 5.41) is 7.96. The molecular weight excluding hydrogens is 386 g/mol. The van der Waals surface area contributed by atoms with Gasteiger partial charge in [0, 0.05) is 56.4 Å². The summed E-state index contributed by atoms with van der Waals surface area (Å²) >= 11 is 0. The average molecular weight is 412 g/mol. The van der Waals surface area contributed by atoms with Gasteiger partial charge >= 0.3 is 0 Å². The molecule has 2 saturated heterocycles. The molecule has 4 heterocycles. The fourth-order valence-corrected chi connectivity index (χ4v) is 6.11. The van der Waals surface area contributed by atoms with Crippen LogP contribution in [0.2, 0.25) is 0 Å². The van der Waals surface area contributed by atoms with E-state index in [2.05, 4.69) is 32.4 Å². The molecule has 7 nitrogen and oxygen atoms in total. The fraction of sp³-hybridized carbons (Fsp3) is 0.556. The van der Waals surface area contributed by atoms with E-state index in [-0.39, 0.29) is 23.9 Å². The predicted octanol–water partition coefficient (Wildman–Crippen LogP) is 1.38. The highest BCUT2D eigenvalue weighted by Gasteiger charge is 2.40. The Hall–Kier alpha value is -1.48. The van der Waals surface area contributed by atoms with Crippen LogP contribution in [0.25, 0.3) is 0 Å². The average Bonchev–Trinajstić information content (AvgIpc) is 3.21. The molecule has 0 spiro atoms. The number of sulfone groups is 1. The van der Waals surface area contributed by atoms with E-state index in [0.717, 1.165) is 31.7 Å². The van der Waals surface area contributed by atoms with E-state index in [9.17, 15) is 8.42 Å². The van der Waals surface area contributed by atoms with Crippen LogP contribution in [-0.4, -0.2) is 59.2 Å². The number of aromatic nitrogens is 3. The van der Waals surface area contributed by atoms with Gasteiger partial charge in [0.15, 0.2) is 9.84 Å². The predicted molar refractivity (Wildman–Crippen MR) is 107 cm³/mol. The molecular formula is C18H26ClN5O2S. The van der Waals surface area contributed by atoms with E-state index in [4.69, 9.17) is 0 Å². The zero-order chi connectivity index (χ0) is 18.2. The van der Waals surface area contributed by atoms with Gasteiger partial charge in [-0.1, -0.05) is 0 Å². The number of halogens is 1. The van der Waals surface area contributed by atoms with Gasteiger partial charge in [0.25, 0.3) is 0 Å². The molecule has 0 aromatic carbocycles. The first-order valence-electron chi connectivity index (χ1n) is 9.04. The maximum Gasteiger partial charge on any atom is 0.152 e. The molecule has 2 aliphatic heterocycles. The first-order chi connectivity index (χ1) is 12.5. The Morgan fingerprint density at radius 2 is 2.11 bits per heavy atom. The Bertz CT molecular complexity index is 873. The van der Waals surface area contributed by atoms with Crippen molar-refractivity contribution in [3.63, 3.8) is 0 Å². The molecule has 9 heteroatoms. The summed E-state index contributed by atoms with van der Waals surface area (Å²) in [6.07, 6.45) is 8.20. The summed E-state index contributed by atoms with van der Waals surface area (Å²) < 4.78 is 25.6. The van der Waals surface area contributed by atoms with E-state index in [1.165, 1.54) is 5.56 Å². The zero-order valence-corrected chi connectivity index (χ0v) is 17.0. The van der Waals surface area contributed by atoms with E-state index in [0.29, 0.717) is 12.5 Å². The second-order valence-electron chi connectivity index (χ2n) is 7.60. The smallest absolute Gasteiger partial charge is 0.152 e. The van der Waals surface area contributed by atoms with Gasteiger partial charge in [-0.3, -0.25) is 14.6 Å². The molecule has 2 atom stereocenters. The van der Waals surface area contributed by atoms with Crippen LogP contribution in [0.3, 0.4) is 0 Å². The van der Waals surface area contributed by atoms with Crippen molar-refractivity contribution >= 4 is 22.2 Å². The van der Waals surface area contributed by atoms with Crippen molar-refractivity contribution in [3.8, 4) is 0 Å². The summed E-state index contributed by atoms with van der Waals surface area (Å²) in [5.74, 6) is 0.426. The molecule has 0 saturated carbocycles.